The highest BCUT2D eigenvalue weighted by molar-refractivity contribution is 7.10. The highest BCUT2D eigenvalue weighted by atomic mass is 35.5. The molecule has 0 aliphatic carbocycles. The van der Waals surface area contributed by atoms with Crippen molar-refractivity contribution in [1.29, 1.82) is 0 Å². The maximum Gasteiger partial charge on any atom is 0.227 e. The van der Waals surface area contributed by atoms with Gasteiger partial charge in [0.25, 0.3) is 0 Å². The molecule has 2 aliphatic heterocycles. The van der Waals surface area contributed by atoms with Crippen molar-refractivity contribution in [2.45, 2.75) is 19.3 Å². The van der Waals surface area contributed by atoms with Crippen LogP contribution >= 0.6 is 34.5 Å². The minimum absolute atomic E-state index is 0.279. The van der Waals surface area contributed by atoms with Gasteiger partial charge in [0.1, 0.15) is 0 Å². The Labute approximate surface area is 187 Å². The first kappa shape index (κ1) is 21.0. The van der Waals surface area contributed by atoms with Crippen molar-refractivity contribution in [2.75, 3.05) is 50.7 Å². The first-order valence-corrected chi connectivity index (χ1v) is 11.9. The average Bonchev–Trinajstić information content (AvgIpc) is 3.24. The van der Waals surface area contributed by atoms with Gasteiger partial charge in [-0.3, -0.25) is 9.69 Å². The molecule has 0 saturated carbocycles. The maximum absolute atomic E-state index is 12.6. The fraction of sp³-hybridized carbons (Fsp3) is 0.500. The Balaban J connectivity index is 1.25. The van der Waals surface area contributed by atoms with Crippen LogP contribution in [0.3, 0.4) is 0 Å². The standard InChI is InChI=1S/C22H27Cl2N3OS/c23-20-6-5-18(13-21(20)24)26-10-8-25(9-11-26)15-17-3-1-7-27(16-17)22(28)14-19-4-2-12-29-19/h2,4-6,12-13,17H,1,3,7-11,14-16H2/t17-/m0/s1. The van der Waals surface area contributed by atoms with Crippen molar-refractivity contribution in [3.63, 3.8) is 0 Å². The molecule has 0 N–H and O–H groups in total. The van der Waals surface area contributed by atoms with E-state index in [1.165, 1.54) is 6.42 Å². The molecule has 0 spiro atoms. The molecule has 0 bridgehead atoms. The van der Waals surface area contributed by atoms with Crippen LogP contribution in [-0.4, -0.2) is 61.5 Å². The molecule has 2 saturated heterocycles. The number of thiophene rings is 1. The van der Waals surface area contributed by atoms with Gasteiger partial charge in [-0.25, -0.2) is 0 Å². The van der Waals surface area contributed by atoms with Crippen LogP contribution in [0.15, 0.2) is 35.7 Å². The van der Waals surface area contributed by atoms with Crippen molar-refractivity contribution in [1.82, 2.24) is 9.80 Å². The highest BCUT2D eigenvalue weighted by Gasteiger charge is 2.27. The van der Waals surface area contributed by atoms with Crippen LogP contribution in [0.5, 0.6) is 0 Å². The van der Waals surface area contributed by atoms with Crippen LogP contribution in [0, 0.1) is 5.92 Å². The number of piperazine rings is 1. The first-order valence-electron chi connectivity index (χ1n) is 10.3. The largest absolute Gasteiger partial charge is 0.369 e. The molecule has 1 amide bonds. The number of rotatable bonds is 5. The zero-order chi connectivity index (χ0) is 20.2. The summed E-state index contributed by atoms with van der Waals surface area (Å²) in [6.07, 6.45) is 2.88. The molecule has 2 aromatic rings. The summed E-state index contributed by atoms with van der Waals surface area (Å²) in [5, 5.41) is 3.25. The summed E-state index contributed by atoms with van der Waals surface area (Å²) >= 11 is 13.9. The van der Waals surface area contributed by atoms with Gasteiger partial charge in [-0.15, -0.1) is 11.3 Å². The van der Waals surface area contributed by atoms with Gasteiger partial charge < -0.3 is 9.80 Å². The Bertz CT molecular complexity index is 821. The van der Waals surface area contributed by atoms with Crippen LogP contribution in [0.2, 0.25) is 10.0 Å². The lowest BCUT2D eigenvalue weighted by Crippen LogP contribution is -2.50. The predicted octanol–water partition coefficient (Wildman–Crippen LogP) is 4.66. The number of hydrogen-bond acceptors (Lipinski definition) is 4. The lowest BCUT2D eigenvalue weighted by Gasteiger charge is -2.40. The van der Waals surface area contributed by atoms with Crippen molar-refractivity contribution < 1.29 is 4.79 Å². The summed E-state index contributed by atoms with van der Waals surface area (Å²) in [7, 11) is 0. The Kier molecular flexibility index (Phi) is 7.01. The molecular formula is C22H27Cl2N3OS. The smallest absolute Gasteiger partial charge is 0.227 e. The van der Waals surface area contributed by atoms with Crippen molar-refractivity contribution in [2.24, 2.45) is 5.92 Å². The Morgan fingerprint density at radius 2 is 1.90 bits per heavy atom. The van der Waals surface area contributed by atoms with Crippen LogP contribution < -0.4 is 4.90 Å². The third-order valence-corrected chi connectivity index (χ3v) is 7.55. The summed E-state index contributed by atoms with van der Waals surface area (Å²) in [5.74, 6) is 0.856. The van der Waals surface area contributed by atoms with E-state index in [1.54, 1.807) is 11.3 Å². The molecule has 1 aromatic heterocycles. The fourth-order valence-electron chi connectivity index (χ4n) is 4.35. The Hall–Kier alpha value is -1.27. The number of carbonyl (C=O) groups excluding carboxylic acids is 1. The molecule has 156 valence electrons. The second-order valence-electron chi connectivity index (χ2n) is 7.99. The SMILES string of the molecule is O=C(Cc1cccs1)N1CCC[C@@H](CN2CCN(c3ccc(Cl)c(Cl)c3)CC2)C1. The summed E-state index contributed by atoms with van der Waals surface area (Å²) in [5.41, 5.74) is 1.14. The van der Waals surface area contributed by atoms with Gasteiger partial charge in [0, 0.05) is 56.4 Å². The molecule has 1 atom stereocenters. The number of piperidine rings is 1. The number of likely N-dealkylation sites (tertiary alicyclic amines) is 1. The van der Waals surface area contributed by atoms with E-state index in [2.05, 4.69) is 20.8 Å². The van der Waals surface area contributed by atoms with E-state index in [0.717, 1.165) is 62.8 Å². The van der Waals surface area contributed by atoms with Crippen LogP contribution in [-0.2, 0) is 11.2 Å². The van der Waals surface area contributed by atoms with Gasteiger partial charge in [0.15, 0.2) is 0 Å². The van der Waals surface area contributed by atoms with Gasteiger partial charge in [0.05, 0.1) is 16.5 Å². The fourth-order valence-corrected chi connectivity index (χ4v) is 5.34. The van der Waals surface area contributed by atoms with E-state index in [4.69, 9.17) is 23.2 Å². The minimum Gasteiger partial charge on any atom is -0.369 e. The Morgan fingerprint density at radius 3 is 2.62 bits per heavy atom. The molecule has 4 rings (SSSR count). The number of hydrogen-bond donors (Lipinski definition) is 0. The highest BCUT2D eigenvalue weighted by Crippen LogP contribution is 2.28. The van der Waals surface area contributed by atoms with Crippen LogP contribution in [0.4, 0.5) is 5.69 Å². The van der Waals surface area contributed by atoms with Crippen molar-refractivity contribution in [3.05, 3.63) is 50.6 Å². The molecule has 7 heteroatoms. The first-order chi connectivity index (χ1) is 14.1. The molecule has 2 aliphatic rings. The van der Waals surface area contributed by atoms with Crippen molar-refractivity contribution in [3.8, 4) is 0 Å². The quantitative estimate of drug-likeness (QED) is 0.661. The third kappa shape index (κ3) is 5.46. The maximum atomic E-state index is 12.6. The molecule has 1 aromatic carbocycles. The Morgan fingerprint density at radius 1 is 1.07 bits per heavy atom. The average molecular weight is 452 g/mol. The molecule has 29 heavy (non-hydrogen) atoms. The monoisotopic (exact) mass is 451 g/mol. The number of benzene rings is 1. The van der Waals surface area contributed by atoms with E-state index < -0.39 is 0 Å². The van der Waals surface area contributed by atoms with Gasteiger partial charge >= 0.3 is 0 Å². The number of amides is 1. The lowest BCUT2D eigenvalue weighted by atomic mass is 9.96. The number of nitrogens with zero attached hydrogens (tertiary/aromatic N) is 3. The third-order valence-electron chi connectivity index (χ3n) is 5.93. The molecular weight excluding hydrogens is 425 g/mol. The zero-order valence-corrected chi connectivity index (χ0v) is 18.9. The summed E-state index contributed by atoms with van der Waals surface area (Å²) in [6, 6.07) is 9.94. The van der Waals surface area contributed by atoms with E-state index in [-0.39, 0.29) is 5.91 Å². The molecule has 2 fully saturated rings. The minimum atomic E-state index is 0.279. The summed E-state index contributed by atoms with van der Waals surface area (Å²) in [4.78, 5) is 20.8. The topological polar surface area (TPSA) is 26.8 Å². The second kappa shape index (κ2) is 9.69. The van der Waals surface area contributed by atoms with Crippen LogP contribution in [0.1, 0.15) is 17.7 Å². The second-order valence-corrected chi connectivity index (χ2v) is 9.84. The van der Waals surface area contributed by atoms with Crippen LogP contribution in [0.25, 0.3) is 0 Å². The molecule has 0 unspecified atom stereocenters. The number of carbonyl (C=O) groups is 1. The summed E-state index contributed by atoms with van der Waals surface area (Å²) in [6.45, 7) is 6.96. The van der Waals surface area contributed by atoms with E-state index in [0.29, 0.717) is 22.4 Å². The molecule has 0 radical (unpaired) electrons. The van der Waals surface area contributed by atoms with Crippen molar-refractivity contribution >= 4 is 46.1 Å². The van der Waals surface area contributed by atoms with E-state index in [9.17, 15) is 4.79 Å². The molecule has 3 heterocycles. The van der Waals surface area contributed by atoms with Gasteiger partial charge in [0.2, 0.25) is 5.91 Å². The molecule has 4 nitrogen and oxygen atoms in total. The van der Waals surface area contributed by atoms with Gasteiger partial charge in [-0.2, -0.15) is 0 Å². The normalized spacial score (nSPS) is 20.8. The number of anilines is 1. The summed E-state index contributed by atoms with van der Waals surface area (Å²) < 4.78 is 0. The van der Waals surface area contributed by atoms with Gasteiger partial charge in [-0.1, -0.05) is 29.3 Å². The lowest BCUT2D eigenvalue weighted by molar-refractivity contribution is -0.132. The van der Waals surface area contributed by atoms with E-state index >= 15 is 0 Å². The van der Waals surface area contributed by atoms with E-state index in [1.807, 2.05) is 29.6 Å². The zero-order valence-electron chi connectivity index (χ0n) is 16.5. The van der Waals surface area contributed by atoms with Gasteiger partial charge in [-0.05, 0) is 48.4 Å². The number of halogens is 2. The predicted molar refractivity (Wildman–Crippen MR) is 122 cm³/mol.